The van der Waals surface area contributed by atoms with Gasteiger partial charge in [-0.25, -0.2) is 8.42 Å². The van der Waals surface area contributed by atoms with Crippen LogP contribution in [0, 0.1) is 0 Å². The largest absolute Gasteiger partial charge is 0.326 e. The molecule has 20 heavy (non-hydrogen) atoms. The number of benzene rings is 1. The van der Waals surface area contributed by atoms with Crippen molar-refractivity contribution < 1.29 is 8.42 Å². The fourth-order valence-electron chi connectivity index (χ4n) is 2.37. The van der Waals surface area contributed by atoms with Crippen LogP contribution in [0.25, 0.3) is 0 Å². The highest BCUT2D eigenvalue weighted by molar-refractivity contribution is 7.88. The maximum atomic E-state index is 12.6. The average molecular weight is 296 g/mol. The summed E-state index contributed by atoms with van der Waals surface area (Å²) in [6, 6.07) is 7.79. The van der Waals surface area contributed by atoms with Gasteiger partial charge in [0, 0.05) is 19.1 Å². The Morgan fingerprint density at radius 1 is 1.30 bits per heavy atom. The maximum Gasteiger partial charge on any atom is 0.218 e. The van der Waals surface area contributed by atoms with Gasteiger partial charge in [0.1, 0.15) is 0 Å². The van der Waals surface area contributed by atoms with Crippen LogP contribution in [0.3, 0.4) is 0 Å². The molecule has 0 bridgehead atoms. The topological polar surface area (TPSA) is 63.4 Å². The lowest BCUT2D eigenvalue weighted by atomic mass is 10.1. The van der Waals surface area contributed by atoms with E-state index in [0.29, 0.717) is 13.1 Å². The van der Waals surface area contributed by atoms with E-state index in [1.54, 1.807) is 4.31 Å². The summed E-state index contributed by atoms with van der Waals surface area (Å²) in [6.45, 7) is 3.18. The van der Waals surface area contributed by atoms with E-state index >= 15 is 0 Å². The van der Waals surface area contributed by atoms with Gasteiger partial charge in [0.15, 0.2) is 0 Å². The molecule has 1 fully saturated rings. The number of hydrogen-bond donors (Lipinski definition) is 1. The third kappa shape index (κ3) is 4.04. The Morgan fingerprint density at radius 3 is 2.60 bits per heavy atom. The Morgan fingerprint density at radius 2 is 2.00 bits per heavy atom. The van der Waals surface area contributed by atoms with Crippen molar-refractivity contribution in [2.75, 3.05) is 6.54 Å². The molecule has 1 aliphatic carbocycles. The molecule has 5 heteroatoms. The summed E-state index contributed by atoms with van der Waals surface area (Å²) < 4.78 is 26.9. The number of unbranched alkanes of at least 4 members (excludes halogenated alkanes) is 1. The molecule has 0 atom stereocenters. The van der Waals surface area contributed by atoms with E-state index < -0.39 is 10.0 Å². The minimum Gasteiger partial charge on any atom is -0.326 e. The van der Waals surface area contributed by atoms with Gasteiger partial charge in [0.25, 0.3) is 0 Å². The van der Waals surface area contributed by atoms with Crippen LogP contribution in [0.2, 0.25) is 0 Å². The van der Waals surface area contributed by atoms with E-state index in [1.165, 1.54) is 0 Å². The number of rotatable bonds is 8. The molecule has 0 radical (unpaired) electrons. The van der Waals surface area contributed by atoms with Gasteiger partial charge < -0.3 is 5.73 Å². The van der Waals surface area contributed by atoms with Crippen LogP contribution in [0.15, 0.2) is 24.3 Å². The van der Waals surface area contributed by atoms with E-state index in [2.05, 4.69) is 6.92 Å². The molecule has 4 nitrogen and oxygen atoms in total. The highest BCUT2D eigenvalue weighted by Gasteiger charge is 2.36. The fourth-order valence-corrected chi connectivity index (χ4v) is 4.20. The third-order valence-corrected chi connectivity index (χ3v) is 5.51. The van der Waals surface area contributed by atoms with Crippen molar-refractivity contribution in [3.05, 3.63) is 35.4 Å². The number of hydrogen-bond acceptors (Lipinski definition) is 3. The molecule has 0 aliphatic heterocycles. The van der Waals surface area contributed by atoms with E-state index in [0.717, 1.165) is 36.8 Å². The summed E-state index contributed by atoms with van der Waals surface area (Å²) in [4.78, 5) is 0. The quantitative estimate of drug-likeness (QED) is 0.800. The first-order valence-electron chi connectivity index (χ1n) is 7.34. The second kappa shape index (κ2) is 6.70. The van der Waals surface area contributed by atoms with Gasteiger partial charge in [-0.05, 0) is 30.4 Å². The van der Waals surface area contributed by atoms with Crippen LogP contribution < -0.4 is 5.73 Å². The van der Waals surface area contributed by atoms with Crippen LogP contribution in [0.4, 0.5) is 0 Å². The molecule has 0 spiro atoms. The number of sulfonamides is 1. The zero-order chi connectivity index (χ0) is 14.6. The van der Waals surface area contributed by atoms with Crippen molar-refractivity contribution in [2.24, 2.45) is 5.73 Å². The van der Waals surface area contributed by atoms with E-state index in [4.69, 9.17) is 5.73 Å². The predicted octanol–water partition coefficient (Wildman–Crippen LogP) is 2.24. The van der Waals surface area contributed by atoms with Gasteiger partial charge in [-0.1, -0.05) is 37.6 Å². The normalized spacial score (nSPS) is 15.8. The first-order chi connectivity index (χ1) is 9.56. The minimum atomic E-state index is -3.22. The Bertz CT molecular complexity index is 539. The van der Waals surface area contributed by atoms with Crippen molar-refractivity contribution in [3.8, 4) is 0 Å². The molecular formula is C15H24N2O2S. The predicted molar refractivity (Wildman–Crippen MR) is 81.6 cm³/mol. The Kier molecular flexibility index (Phi) is 5.18. The second-order valence-corrected chi connectivity index (χ2v) is 7.40. The molecule has 1 saturated carbocycles. The standard InChI is InChI=1S/C15H24N2O2S/c1-2-3-9-17(15-7-8-15)20(18,19)12-14-6-4-5-13(10-14)11-16/h4-6,10,15H,2-3,7-9,11-12,16H2,1H3. The fraction of sp³-hybridized carbons (Fsp3) is 0.600. The van der Waals surface area contributed by atoms with Crippen LogP contribution in [-0.2, 0) is 22.3 Å². The Hall–Kier alpha value is -0.910. The SMILES string of the molecule is CCCCN(C1CC1)S(=O)(=O)Cc1cccc(CN)c1. The van der Waals surface area contributed by atoms with Gasteiger partial charge in [0.05, 0.1) is 5.75 Å². The van der Waals surface area contributed by atoms with Crippen LogP contribution in [0.5, 0.6) is 0 Å². The maximum absolute atomic E-state index is 12.6. The highest BCUT2D eigenvalue weighted by Crippen LogP contribution is 2.30. The van der Waals surface area contributed by atoms with Gasteiger partial charge in [-0.2, -0.15) is 4.31 Å². The zero-order valence-electron chi connectivity index (χ0n) is 12.1. The molecule has 112 valence electrons. The van der Waals surface area contributed by atoms with Crippen molar-refractivity contribution in [2.45, 2.75) is 50.9 Å². The first kappa shape index (κ1) is 15.5. The summed E-state index contributed by atoms with van der Waals surface area (Å²) in [5.41, 5.74) is 7.41. The molecule has 0 aromatic heterocycles. The van der Waals surface area contributed by atoms with Crippen LogP contribution in [0.1, 0.15) is 43.7 Å². The molecule has 0 saturated heterocycles. The molecule has 2 N–H and O–H groups in total. The van der Waals surface area contributed by atoms with E-state index in [-0.39, 0.29) is 11.8 Å². The van der Waals surface area contributed by atoms with Crippen molar-refractivity contribution >= 4 is 10.0 Å². The van der Waals surface area contributed by atoms with E-state index in [1.807, 2.05) is 24.3 Å². The van der Waals surface area contributed by atoms with Gasteiger partial charge in [0.2, 0.25) is 10.0 Å². The molecule has 2 rings (SSSR count). The molecule has 1 aliphatic rings. The second-order valence-electron chi connectivity index (χ2n) is 5.48. The average Bonchev–Trinajstić information content (AvgIpc) is 3.23. The Balaban J connectivity index is 2.11. The van der Waals surface area contributed by atoms with Crippen LogP contribution >= 0.6 is 0 Å². The van der Waals surface area contributed by atoms with Gasteiger partial charge in [-0.3, -0.25) is 0 Å². The van der Waals surface area contributed by atoms with Crippen molar-refractivity contribution in [1.82, 2.24) is 4.31 Å². The van der Waals surface area contributed by atoms with E-state index in [9.17, 15) is 8.42 Å². The summed E-state index contributed by atoms with van der Waals surface area (Å²) in [7, 11) is -3.22. The summed E-state index contributed by atoms with van der Waals surface area (Å²) >= 11 is 0. The molecule has 0 unspecified atom stereocenters. The molecule has 0 heterocycles. The minimum absolute atomic E-state index is 0.0844. The molecule has 0 amide bonds. The molecular weight excluding hydrogens is 272 g/mol. The number of nitrogens with zero attached hydrogens (tertiary/aromatic N) is 1. The lowest BCUT2D eigenvalue weighted by Crippen LogP contribution is -2.35. The van der Waals surface area contributed by atoms with Crippen molar-refractivity contribution in [3.63, 3.8) is 0 Å². The first-order valence-corrected chi connectivity index (χ1v) is 8.95. The summed E-state index contributed by atoms with van der Waals surface area (Å²) in [5.74, 6) is 0.0844. The monoisotopic (exact) mass is 296 g/mol. The smallest absolute Gasteiger partial charge is 0.218 e. The summed E-state index contributed by atoms with van der Waals surface area (Å²) in [5, 5.41) is 0. The Labute approximate surface area is 122 Å². The molecule has 1 aromatic rings. The van der Waals surface area contributed by atoms with Crippen molar-refractivity contribution in [1.29, 1.82) is 0 Å². The van der Waals surface area contributed by atoms with Gasteiger partial charge >= 0.3 is 0 Å². The van der Waals surface area contributed by atoms with Crippen LogP contribution in [-0.4, -0.2) is 25.3 Å². The highest BCUT2D eigenvalue weighted by atomic mass is 32.2. The zero-order valence-corrected chi connectivity index (χ0v) is 12.9. The number of nitrogens with two attached hydrogens (primary N) is 1. The lowest BCUT2D eigenvalue weighted by molar-refractivity contribution is 0.395. The molecule has 1 aromatic carbocycles. The third-order valence-electron chi connectivity index (χ3n) is 3.62. The van der Waals surface area contributed by atoms with Gasteiger partial charge in [-0.15, -0.1) is 0 Å². The summed E-state index contributed by atoms with van der Waals surface area (Å²) in [6.07, 6.45) is 3.96. The lowest BCUT2D eigenvalue weighted by Gasteiger charge is -2.21.